The molecule has 0 aliphatic heterocycles. The Hall–Kier alpha value is -1.96. The number of nitrogens with one attached hydrogen (secondary N) is 1. The number of rotatable bonds is 6. The van der Waals surface area contributed by atoms with Crippen molar-refractivity contribution >= 4 is 54.0 Å². The number of carbonyl (C=O) groups is 1. The number of halogens is 1. The molecule has 0 aliphatic carbocycles. The second kappa shape index (κ2) is 7.73. The molecule has 0 saturated heterocycles. The lowest BCUT2D eigenvalue weighted by molar-refractivity contribution is -0.116. The lowest BCUT2D eigenvalue weighted by Crippen LogP contribution is -2.14. The molecule has 0 bridgehead atoms. The molecule has 26 heavy (non-hydrogen) atoms. The molecule has 0 aliphatic rings. The Bertz CT molecular complexity index is 1010. The maximum Gasteiger partial charge on any atom is 0.226 e. The van der Waals surface area contributed by atoms with Crippen molar-refractivity contribution in [3.8, 4) is 0 Å². The Balaban J connectivity index is 1.60. The van der Waals surface area contributed by atoms with Gasteiger partial charge in [-0.05, 0) is 37.1 Å². The van der Waals surface area contributed by atoms with E-state index < -0.39 is 9.84 Å². The van der Waals surface area contributed by atoms with Gasteiger partial charge in [0.2, 0.25) is 5.91 Å². The van der Waals surface area contributed by atoms with Gasteiger partial charge in [0.1, 0.15) is 0 Å². The minimum atomic E-state index is -3.37. The minimum Gasteiger partial charge on any atom is -0.302 e. The van der Waals surface area contributed by atoms with Crippen molar-refractivity contribution in [3.05, 3.63) is 53.1 Å². The van der Waals surface area contributed by atoms with E-state index in [0.29, 0.717) is 10.2 Å². The molecule has 1 N–H and O–H groups in total. The van der Waals surface area contributed by atoms with Gasteiger partial charge in [0, 0.05) is 6.42 Å². The van der Waals surface area contributed by atoms with Gasteiger partial charge in [-0.1, -0.05) is 47.2 Å². The van der Waals surface area contributed by atoms with Gasteiger partial charge in [-0.25, -0.2) is 13.4 Å². The summed E-state index contributed by atoms with van der Waals surface area (Å²) in [5.74, 6) is -0.337. The third kappa shape index (κ3) is 4.23. The summed E-state index contributed by atoms with van der Waals surface area (Å²) < 4.78 is 25.2. The summed E-state index contributed by atoms with van der Waals surface area (Å²) in [6.07, 6.45) is 0.350. The minimum absolute atomic E-state index is 0.0742. The van der Waals surface area contributed by atoms with Crippen molar-refractivity contribution in [1.82, 2.24) is 4.98 Å². The van der Waals surface area contributed by atoms with Crippen LogP contribution in [0.3, 0.4) is 0 Å². The monoisotopic (exact) mass is 408 g/mol. The highest BCUT2D eigenvalue weighted by molar-refractivity contribution is 7.91. The number of nitrogens with zero attached hydrogens (tertiary/aromatic N) is 1. The van der Waals surface area contributed by atoms with Gasteiger partial charge < -0.3 is 5.32 Å². The number of fused-ring (bicyclic) bond motifs is 1. The van der Waals surface area contributed by atoms with Crippen LogP contribution in [0.2, 0.25) is 5.02 Å². The summed E-state index contributed by atoms with van der Waals surface area (Å²) in [5.41, 5.74) is 1.75. The van der Waals surface area contributed by atoms with E-state index in [-0.39, 0.29) is 29.4 Å². The van der Waals surface area contributed by atoms with E-state index in [4.69, 9.17) is 11.6 Å². The molecule has 1 heterocycles. The quantitative estimate of drug-likeness (QED) is 0.653. The van der Waals surface area contributed by atoms with Crippen LogP contribution in [0.5, 0.6) is 0 Å². The molecule has 3 rings (SSSR count). The van der Waals surface area contributed by atoms with Crippen LogP contribution in [0.15, 0.2) is 47.4 Å². The van der Waals surface area contributed by atoms with Gasteiger partial charge >= 0.3 is 0 Å². The van der Waals surface area contributed by atoms with E-state index in [1.165, 1.54) is 11.3 Å². The molecule has 1 aromatic heterocycles. The van der Waals surface area contributed by atoms with E-state index in [1.807, 2.05) is 13.0 Å². The highest BCUT2D eigenvalue weighted by Gasteiger charge is 2.16. The van der Waals surface area contributed by atoms with E-state index in [9.17, 15) is 13.2 Å². The molecule has 0 fully saturated rings. The van der Waals surface area contributed by atoms with Crippen LogP contribution in [0.4, 0.5) is 5.13 Å². The number of thiazole rings is 1. The fourth-order valence-corrected chi connectivity index (χ4v) is 5.07. The molecule has 0 radical (unpaired) electrons. The molecular weight excluding hydrogens is 392 g/mol. The molecule has 1 amide bonds. The van der Waals surface area contributed by atoms with Crippen molar-refractivity contribution in [1.29, 1.82) is 0 Å². The second-order valence-corrected chi connectivity index (χ2v) is 9.36. The molecule has 136 valence electrons. The number of hydrogen-bond acceptors (Lipinski definition) is 5. The molecule has 0 spiro atoms. The fourth-order valence-electron chi connectivity index (χ4n) is 2.51. The van der Waals surface area contributed by atoms with Gasteiger partial charge in [-0.15, -0.1) is 0 Å². The van der Waals surface area contributed by atoms with Crippen molar-refractivity contribution < 1.29 is 13.2 Å². The highest BCUT2D eigenvalue weighted by atomic mass is 35.5. The lowest BCUT2D eigenvalue weighted by atomic mass is 10.2. The van der Waals surface area contributed by atoms with Gasteiger partial charge in [-0.2, -0.15) is 0 Å². The zero-order chi connectivity index (χ0) is 18.7. The summed E-state index contributed by atoms with van der Waals surface area (Å²) in [7, 11) is -3.37. The number of amides is 1. The van der Waals surface area contributed by atoms with Gasteiger partial charge in [0.05, 0.1) is 25.9 Å². The molecule has 0 unspecified atom stereocenters. The average molecular weight is 409 g/mol. The van der Waals surface area contributed by atoms with Crippen LogP contribution in [0, 0.1) is 6.92 Å². The van der Waals surface area contributed by atoms with Gasteiger partial charge in [0.15, 0.2) is 15.0 Å². The van der Waals surface area contributed by atoms with E-state index in [2.05, 4.69) is 10.3 Å². The fraction of sp³-hybridized carbons (Fsp3) is 0.222. The molecule has 0 saturated carbocycles. The van der Waals surface area contributed by atoms with Crippen LogP contribution in [-0.4, -0.2) is 25.1 Å². The van der Waals surface area contributed by atoms with Crippen LogP contribution >= 0.6 is 22.9 Å². The van der Waals surface area contributed by atoms with E-state index in [1.54, 1.807) is 36.4 Å². The summed E-state index contributed by atoms with van der Waals surface area (Å²) in [6, 6.07) is 11.9. The van der Waals surface area contributed by atoms with Crippen LogP contribution in [-0.2, 0) is 14.6 Å². The Labute approximate surface area is 160 Å². The first kappa shape index (κ1) is 18.8. The molecule has 3 aromatic rings. The number of sulfone groups is 1. The van der Waals surface area contributed by atoms with Crippen LogP contribution in [0.1, 0.15) is 18.4 Å². The standard InChI is InChI=1S/C18H17ClN2O3S2/c1-12-9-10-14(19)17-16(12)21-18(25-17)20-15(22)8-5-11-26(23,24)13-6-3-2-4-7-13/h2-4,6-7,9-10H,5,8,11H2,1H3,(H,20,21,22). The third-order valence-corrected chi connectivity index (χ3v) is 7.11. The van der Waals surface area contributed by atoms with E-state index >= 15 is 0 Å². The molecule has 2 aromatic carbocycles. The SMILES string of the molecule is Cc1ccc(Cl)c2sc(NC(=O)CCCS(=O)(=O)c3ccccc3)nc12. The lowest BCUT2D eigenvalue weighted by Gasteiger charge is -2.04. The summed E-state index contributed by atoms with van der Waals surface area (Å²) in [5, 5.41) is 3.79. The van der Waals surface area contributed by atoms with Gasteiger partial charge in [0.25, 0.3) is 0 Å². The third-order valence-electron chi connectivity index (χ3n) is 3.86. The smallest absolute Gasteiger partial charge is 0.226 e. The number of anilines is 1. The topological polar surface area (TPSA) is 76.1 Å². The van der Waals surface area contributed by atoms with Crippen molar-refractivity contribution in [2.75, 3.05) is 11.1 Å². The summed E-state index contributed by atoms with van der Waals surface area (Å²) in [6.45, 7) is 1.93. The first-order chi connectivity index (χ1) is 12.4. The number of hydrogen-bond donors (Lipinski definition) is 1. The van der Waals surface area contributed by atoms with Crippen molar-refractivity contribution in [3.63, 3.8) is 0 Å². The second-order valence-electron chi connectivity index (χ2n) is 5.84. The zero-order valence-corrected chi connectivity index (χ0v) is 16.4. The molecular formula is C18H17ClN2O3S2. The Morgan fingerprint density at radius 1 is 1.19 bits per heavy atom. The Morgan fingerprint density at radius 3 is 2.62 bits per heavy atom. The normalized spacial score (nSPS) is 11.6. The Kier molecular flexibility index (Phi) is 5.60. The molecule has 0 atom stereocenters. The van der Waals surface area contributed by atoms with Crippen molar-refractivity contribution in [2.24, 2.45) is 0 Å². The van der Waals surface area contributed by atoms with Crippen LogP contribution in [0.25, 0.3) is 10.2 Å². The first-order valence-electron chi connectivity index (χ1n) is 8.00. The number of carbonyl (C=O) groups excluding carboxylic acids is 1. The zero-order valence-electron chi connectivity index (χ0n) is 14.0. The average Bonchev–Trinajstić information content (AvgIpc) is 3.04. The number of aromatic nitrogens is 1. The molecule has 5 nitrogen and oxygen atoms in total. The van der Waals surface area contributed by atoms with E-state index in [0.717, 1.165) is 15.8 Å². The highest BCUT2D eigenvalue weighted by Crippen LogP contribution is 2.33. The number of benzene rings is 2. The van der Waals surface area contributed by atoms with Crippen LogP contribution < -0.4 is 5.32 Å². The molecule has 8 heteroatoms. The number of aryl methyl sites for hydroxylation is 1. The maximum atomic E-state index is 12.2. The summed E-state index contributed by atoms with van der Waals surface area (Å²) >= 11 is 7.47. The van der Waals surface area contributed by atoms with Crippen molar-refractivity contribution in [2.45, 2.75) is 24.7 Å². The first-order valence-corrected chi connectivity index (χ1v) is 10.8. The van der Waals surface area contributed by atoms with Gasteiger partial charge in [-0.3, -0.25) is 4.79 Å². The maximum absolute atomic E-state index is 12.2. The Morgan fingerprint density at radius 2 is 1.92 bits per heavy atom. The predicted octanol–water partition coefficient (Wildman–Crippen LogP) is 4.45. The summed E-state index contributed by atoms with van der Waals surface area (Å²) in [4.78, 5) is 16.8. The largest absolute Gasteiger partial charge is 0.302 e. The predicted molar refractivity (Wildman–Crippen MR) is 106 cm³/mol.